The number of carbonyl (C=O) groups is 2. The lowest BCUT2D eigenvalue weighted by Gasteiger charge is -2.07. The van der Waals surface area contributed by atoms with Gasteiger partial charge in [-0.3, -0.25) is 5.32 Å². The number of aromatic hydroxyl groups is 1. The van der Waals surface area contributed by atoms with Gasteiger partial charge in [-0.2, -0.15) is 0 Å². The van der Waals surface area contributed by atoms with Crippen LogP contribution < -0.4 is 5.32 Å². The lowest BCUT2D eigenvalue weighted by atomic mass is 10.2. The van der Waals surface area contributed by atoms with Crippen molar-refractivity contribution >= 4 is 17.7 Å². The highest BCUT2D eigenvalue weighted by molar-refractivity contribution is 5.93. The Morgan fingerprint density at radius 3 is 2.50 bits per heavy atom. The van der Waals surface area contributed by atoms with Crippen LogP contribution in [0.15, 0.2) is 18.2 Å². The van der Waals surface area contributed by atoms with E-state index in [1.807, 2.05) is 0 Å². The van der Waals surface area contributed by atoms with Gasteiger partial charge in [-0.15, -0.1) is 0 Å². The summed E-state index contributed by atoms with van der Waals surface area (Å²) in [5, 5.41) is 11.7. The molecule has 0 heterocycles. The standard InChI is InChI=1S/C10H11NO5/c1-15-9(13)6-3-4-8(12)7(5-6)11-10(14)16-2/h3-5,12H,1-2H3,(H,11,14). The quantitative estimate of drug-likeness (QED) is 0.586. The largest absolute Gasteiger partial charge is 0.506 e. The minimum absolute atomic E-state index is 0.0785. The summed E-state index contributed by atoms with van der Waals surface area (Å²) in [5.74, 6) is -0.731. The molecule has 0 radical (unpaired) electrons. The summed E-state index contributed by atoms with van der Waals surface area (Å²) in [7, 11) is 2.43. The summed E-state index contributed by atoms with van der Waals surface area (Å²) in [6.07, 6.45) is -0.739. The number of phenols is 1. The van der Waals surface area contributed by atoms with E-state index in [1.165, 1.54) is 32.4 Å². The van der Waals surface area contributed by atoms with Gasteiger partial charge in [0.05, 0.1) is 25.5 Å². The molecule has 0 fully saturated rings. The summed E-state index contributed by atoms with van der Waals surface area (Å²) >= 11 is 0. The van der Waals surface area contributed by atoms with E-state index >= 15 is 0 Å². The maximum absolute atomic E-state index is 11.2. The van der Waals surface area contributed by atoms with Crippen LogP contribution in [0.4, 0.5) is 10.5 Å². The fraction of sp³-hybridized carbons (Fsp3) is 0.200. The van der Waals surface area contributed by atoms with Gasteiger partial charge in [-0.1, -0.05) is 0 Å². The van der Waals surface area contributed by atoms with Crippen LogP contribution in [0.25, 0.3) is 0 Å². The fourth-order valence-corrected chi connectivity index (χ4v) is 1.04. The molecule has 0 atom stereocenters. The fourth-order valence-electron chi connectivity index (χ4n) is 1.04. The Morgan fingerprint density at radius 1 is 1.25 bits per heavy atom. The first kappa shape index (κ1) is 11.8. The van der Waals surface area contributed by atoms with Crippen LogP contribution in [0.5, 0.6) is 5.75 Å². The number of benzene rings is 1. The average molecular weight is 225 g/mol. The van der Waals surface area contributed by atoms with Gasteiger partial charge < -0.3 is 14.6 Å². The van der Waals surface area contributed by atoms with Crippen molar-refractivity contribution in [1.29, 1.82) is 0 Å². The molecule has 0 saturated carbocycles. The Balaban J connectivity index is 2.99. The first-order valence-electron chi connectivity index (χ1n) is 4.34. The van der Waals surface area contributed by atoms with Crippen LogP contribution in [-0.4, -0.2) is 31.4 Å². The van der Waals surface area contributed by atoms with E-state index in [-0.39, 0.29) is 17.0 Å². The summed E-state index contributed by atoms with van der Waals surface area (Å²) < 4.78 is 8.86. The van der Waals surface area contributed by atoms with E-state index in [2.05, 4.69) is 14.8 Å². The molecule has 6 nitrogen and oxygen atoms in total. The van der Waals surface area contributed by atoms with Crippen molar-refractivity contribution in [2.75, 3.05) is 19.5 Å². The zero-order chi connectivity index (χ0) is 12.1. The van der Waals surface area contributed by atoms with Crippen molar-refractivity contribution in [2.24, 2.45) is 0 Å². The number of ether oxygens (including phenoxy) is 2. The minimum atomic E-state index is -0.739. The first-order valence-corrected chi connectivity index (χ1v) is 4.34. The van der Waals surface area contributed by atoms with Crippen molar-refractivity contribution in [2.45, 2.75) is 0 Å². The van der Waals surface area contributed by atoms with E-state index in [0.717, 1.165) is 0 Å². The topological polar surface area (TPSA) is 84.9 Å². The molecule has 1 aromatic rings. The molecule has 0 aliphatic carbocycles. The van der Waals surface area contributed by atoms with Gasteiger partial charge in [0.2, 0.25) is 0 Å². The number of amides is 1. The number of rotatable bonds is 2. The van der Waals surface area contributed by atoms with Crippen LogP contribution in [-0.2, 0) is 9.47 Å². The van der Waals surface area contributed by atoms with Gasteiger partial charge in [0, 0.05) is 0 Å². The van der Waals surface area contributed by atoms with E-state index < -0.39 is 12.1 Å². The number of phenolic OH excluding ortho intramolecular Hbond substituents is 1. The highest BCUT2D eigenvalue weighted by Crippen LogP contribution is 2.24. The molecule has 0 aromatic heterocycles. The highest BCUT2D eigenvalue weighted by Gasteiger charge is 2.11. The predicted octanol–water partition coefficient (Wildman–Crippen LogP) is 1.36. The Bertz CT molecular complexity index is 416. The molecule has 0 aliphatic rings. The van der Waals surface area contributed by atoms with Gasteiger partial charge in [0.1, 0.15) is 5.75 Å². The number of hydrogen-bond acceptors (Lipinski definition) is 5. The van der Waals surface area contributed by atoms with Crippen molar-refractivity contribution in [1.82, 2.24) is 0 Å². The van der Waals surface area contributed by atoms with Gasteiger partial charge in [-0.25, -0.2) is 9.59 Å². The normalized spacial score (nSPS) is 9.38. The van der Waals surface area contributed by atoms with Crippen molar-refractivity contribution in [3.05, 3.63) is 23.8 Å². The lowest BCUT2D eigenvalue weighted by molar-refractivity contribution is 0.0600. The van der Waals surface area contributed by atoms with E-state index in [0.29, 0.717) is 0 Å². The van der Waals surface area contributed by atoms with E-state index in [9.17, 15) is 14.7 Å². The number of hydrogen-bond donors (Lipinski definition) is 2. The van der Waals surface area contributed by atoms with Crippen LogP contribution in [0.2, 0.25) is 0 Å². The molecule has 1 amide bonds. The van der Waals surface area contributed by atoms with Gasteiger partial charge in [0.15, 0.2) is 0 Å². The summed E-state index contributed by atoms with van der Waals surface area (Å²) in [4.78, 5) is 22.1. The van der Waals surface area contributed by atoms with Crippen LogP contribution in [0.1, 0.15) is 10.4 Å². The zero-order valence-electron chi connectivity index (χ0n) is 8.81. The second-order valence-corrected chi connectivity index (χ2v) is 2.84. The molecular weight excluding hydrogens is 214 g/mol. The first-order chi connectivity index (χ1) is 7.58. The Kier molecular flexibility index (Phi) is 3.71. The number of esters is 1. The molecule has 16 heavy (non-hydrogen) atoms. The number of nitrogens with one attached hydrogen (secondary N) is 1. The van der Waals surface area contributed by atoms with Crippen LogP contribution >= 0.6 is 0 Å². The summed E-state index contributed by atoms with van der Waals surface area (Å²) in [6, 6.07) is 3.94. The van der Waals surface area contributed by atoms with Gasteiger partial charge >= 0.3 is 12.1 Å². The maximum Gasteiger partial charge on any atom is 0.411 e. The molecule has 0 bridgehead atoms. The molecule has 0 unspecified atom stereocenters. The number of methoxy groups -OCH3 is 2. The highest BCUT2D eigenvalue weighted by atomic mass is 16.5. The third-order valence-corrected chi connectivity index (χ3v) is 1.84. The van der Waals surface area contributed by atoms with Gasteiger partial charge in [0.25, 0.3) is 0 Å². The predicted molar refractivity (Wildman–Crippen MR) is 55.5 cm³/mol. The lowest BCUT2D eigenvalue weighted by Crippen LogP contribution is -2.12. The summed E-state index contributed by atoms with van der Waals surface area (Å²) in [5.41, 5.74) is 0.293. The van der Waals surface area contributed by atoms with Crippen molar-refractivity contribution in [3.63, 3.8) is 0 Å². The Hall–Kier alpha value is -2.24. The smallest absolute Gasteiger partial charge is 0.411 e. The van der Waals surface area contributed by atoms with Crippen molar-refractivity contribution < 1.29 is 24.2 Å². The molecule has 0 aliphatic heterocycles. The number of anilines is 1. The molecule has 1 rings (SSSR count). The number of carbonyl (C=O) groups excluding carboxylic acids is 2. The average Bonchev–Trinajstić information content (AvgIpc) is 2.30. The molecule has 0 saturated heterocycles. The molecule has 1 aromatic carbocycles. The van der Waals surface area contributed by atoms with Crippen molar-refractivity contribution in [3.8, 4) is 5.75 Å². The van der Waals surface area contributed by atoms with Gasteiger partial charge in [-0.05, 0) is 18.2 Å². The molecule has 2 N–H and O–H groups in total. The van der Waals surface area contributed by atoms with Crippen LogP contribution in [0, 0.1) is 0 Å². The monoisotopic (exact) mass is 225 g/mol. The molecule has 6 heteroatoms. The zero-order valence-corrected chi connectivity index (χ0v) is 8.81. The SMILES string of the molecule is COC(=O)Nc1cc(C(=O)OC)ccc1O. The molecule has 86 valence electrons. The van der Waals surface area contributed by atoms with E-state index in [1.54, 1.807) is 0 Å². The second kappa shape index (κ2) is 5.01. The minimum Gasteiger partial charge on any atom is -0.506 e. The molecule has 0 spiro atoms. The van der Waals surface area contributed by atoms with E-state index in [4.69, 9.17) is 0 Å². The Morgan fingerprint density at radius 2 is 1.94 bits per heavy atom. The second-order valence-electron chi connectivity index (χ2n) is 2.84. The third kappa shape index (κ3) is 2.63. The third-order valence-electron chi connectivity index (χ3n) is 1.84. The Labute approximate surface area is 91.8 Å². The van der Waals surface area contributed by atoms with Crippen LogP contribution in [0.3, 0.4) is 0 Å². The molecular formula is C10H11NO5. The maximum atomic E-state index is 11.2. The summed E-state index contributed by atoms with van der Waals surface area (Å²) in [6.45, 7) is 0.